The fraction of sp³-hybridized carbons (Fsp3) is 0.333. The van der Waals surface area contributed by atoms with E-state index in [1.165, 1.54) is 12.1 Å². The minimum absolute atomic E-state index is 0.163. The molecule has 1 N–H and O–H groups in total. The molecule has 25 heavy (non-hydrogen) atoms. The van der Waals surface area contributed by atoms with Gasteiger partial charge in [0, 0.05) is 18.7 Å². The number of nitrogens with one attached hydrogen (secondary N) is 1. The molecule has 1 fully saturated rings. The zero-order chi connectivity index (χ0) is 18.0. The van der Waals surface area contributed by atoms with Crippen LogP contribution in [0, 0.1) is 6.92 Å². The standard InChI is InChI=1S/C18H18F3N3O/c1-12-15(8-9-16(22-12)24-10-2-3-11-24)23-17(25)13-4-6-14(7-5-13)18(19,20)21/h4-9H,2-3,10-11H2,1H3,(H,23,25). The number of alkyl halides is 3. The van der Waals surface area contributed by atoms with Gasteiger partial charge in [-0.1, -0.05) is 0 Å². The van der Waals surface area contributed by atoms with E-state index in [2.05, 4.69) is 15.2 Å². The summed E-state index contributed by atoms with van der Waals surface area (Å²) >= 11 is 0. The number of hydrogen-bond donors (Lipinski definition) is 1. The first kappa shape index (κ1) is 17.3. The molecular formula is C18H18F3N3O. The summed E-state index contributed by atoms with van der Waals surface area (Å²) in [5.41, 5.74) is 0.602. The van der Waals surface area contributed by atoms with Gasteiger partial charge in [0.15, 0.2) is 0 Å². The minimum atomic E-state index is -4.42. The molecule has 7 heteroatoms. The van der Waals surface area contributed by atoms with Crippen LogP contribution in [0.25, 0.3) is 0 Å². The fourth-order valence-electron chi connectivity index (χ4n) is 2.81. The Kier molecular flexibility index (Phi) is 4.65. The molecule has 1 amide bonds. The van der Waals surface area contributed by atoms with Gasteiger partial charge in [0.25, 0.3) is 5.91 Å². The number of aromatic nitrogens is 1. The van der Waals surface area contributed by atoms with E-state index in [1.807, 2.05) is 6.07 Å². The van der Waals surface area contributed by atoms with E-state index in [1.54, 1.807) is 13.0 Å². The van der Waals surface area contributed by atoms with E-state index in [4.69, 9.17) is 0 Å². The third-order valence-electron chi connectivity index (χ3n) is 4.22. The van der Waals surface area contributed by atoms with Crippen LogP contribution in [0.2, 0.25) is 0 Å². The first-order valence-electron chi connectivity index (χ1n) is 8.06. The summed E-state index contributed by atoms with van der Waals surface area (Å²) in [6.07, 6.45) is -2.12. The molecule has 0 aliphatic carbocycles. The van der Waals surface area contributed by atoms with E-state index < -0.39 is 17.6 Å². The third kappa shape index (κ3) is 3.92. The third-order valence-corrected chi connectivity index (χ3v) is 4.22. The average Bonchev–Trinajstić information content (AvgIpc) is 3.10. The molecule has 0 unspecified atom stereocenters. The second-order valence-electron chi connectivity index (χ2n) is 6.03. The van der Waals surface area contributed by atoms with Crippen molar-refractivity contribution in [1.82, 2.24) is 4.98 Å². The lowest BCUT2D eigenvalue weighted by molar-refractivity contribution is -0.137. The van der Waals surface area contributed by atoms with E-state index in [-0.39, 0.29) is 5.56 Å². The zero-order valence-corrected chi connectivity index (χ0v) is 13.7. The number of nitrogens with zero attached hydrogens (tertiary/aromatic N) is 2. The van der Waals surface area contributed by atoms with Crippen LogP contribution in [0.1, 0.15) is 34.5 Å². The number of rotatable bonds is 3. The molecule has 0 saturated carbocycles. The number of carbonyl (C=O) groups excluding carboxylic acids is 1. The van der Waals surface area contributed by atoms with Crippen molar-refractivity contribution in [2.75, 3.05) is 23.3 Å². The molecule has 0 bridgehead atoms. The van der Waals surface area contributed by atoms with Crippen molar-refractivity contribution in [1.29, 1.82) is 0 Å². The molecule has 0 radical (unpaired) electrons. The van der Waals surface area contributed by atoms with E-state index in [0.717, 1.165) is 43.9 Å². The van der Waals surface area contributed by atoms with Gasteiger partial charge in [-0.05, 0) is 56.2 Å². The van der Waals surface area contributed by atoms with Crippen LogP contribution in [0.15, 0.2) is 36.4 Å². The van der Waals surface area contributed by atoms with Crippen LogP contribution in [-0.4, -0.2) is 24.0 Å². The van der Waals surface area contributed by atoms with Crippen molar-refractivity contribution in [2.45, 2.75) is 25.9 Å². The number of hydrogen-bond acceptors (Lipinski definition) is 3. The lowest BCUT2D eigenvalue weighted by Crippen LogP contribution is -2.20. The number of aryl methyl sites for hydroxylation is 1. The molecule has 2 aromatic rings. The van der Waals surface area contributed by atoms with Gasteiger partial charge >= 0.3 is 6.18 Å². The van der Waals surface area contributed by atoms with Crippen LogP contribution in [0.5, 0.6) is 0 Å². The van der Waals surface area contributed by atoms with Crippen LogP contribution >= 0.6 is 0 Å². The van der Waals surface area contributed by atoms with Gasteiger partial charge in [-0.3, -0.25) is 4.79 Å². The first-order chi connectivity index (χ1) is 11.8. The Hall–Kier alpha value is -2.57. The van der Waals surface area contributed by atoms with E-state index >= 15 is 0 Å². The van der Waals surface area contributed by atoms with E-state index in [9.17, 15) is 18.0 Å². The van der Waals surface area contributed by atoms with Crippen molar-refractivity contribution >= 4 is 17.4 Å². The molecule has 1 aromatic carbocycles. The summed E-state index contributed by atoms with van der Waals surface area (Å²) in [5, 5.41) is 2.70. The van der Waals surface area contributed by atoms with Crippen molar-refractivity contribution in [3.8, 4) is 0 Å². The van der Waals surface area contributed by atoms with Gasteiger partial charge < -0.3 is 10.2 Å². The zero-order valence-electron chi connectivity index (χ0n) is 13.7. The highest BCUT2D eigenvalue weighted by Gasteiger charge is 2.30. The Balaban J connectivity index is 1.72. The predicted octanol–water partition coefficient (Wildman–Crippen LogP) is 4.26. The Morgan fingerprint density at radius 1 is 1.08 bits per heavy atom. The number of pyridine rings is 1. The van der Waals surface area contributed by atoms with Crippen LogP contribution < -0.4 is 10.2 Å². The Labute approximate surface area is 143 Å². The average molecular weight is 349 g/mol. The molecule has 0 spiro atoms. The molecule has 3 rings (SSSR count). The van der Waals surface area contributed by atoms with Crippen molar-refractivity contribution < 1.29 is 18.0 Å². The van der Waals surface area contributed by atoms with Gasteiger partial charge in [0.1, 0.15) is 5.82 Å². The highest BCUT2D eigenvalue weighted by atomic mass is 19.4. The SMILES string of the molecule is Cc1nc(N2CCCC2)ccc1NC(=O)c1ccc(C(F)(F)F)cc1. The number of benzene rings is 1. The lowest BCUT2D eigenvalue weighted by atomic mass is 10.1. The maximum Gasteiger partial charge on any atom is 0.416 e. The molecule has 1 aromatic heterocycles. The van der Waals surface area contributed by atoms with Gasteiger partial charge in [-0.2, -0.15) is 13.2 Å². The fourth-order valence-corrected chi connectivity index (χ4v) is 2.81. The topological polar surface area (TPSA) is 45.2 Å². The first-order valence-corrected chi connectivity index (χ1v) is 8.06. The van der Waals surface area contributed by atoms with E-state index in [0.29, 0.717) is 11.4 Å². The van der Waals surface area contributed by atoms with Crippen LogP contribution in [0.4, 0.5) is 24.7 Å². The summed E-state index contributed by atoms with van der Waals surface area (Å²) in [5.74, 6) is 0.412. The summed E-state index contributed by atoms with van der Waals surface area (Å²) in [4.78, 5) is 18.9. The highest BCUT2D eigenvalue weighted by Crippen LogP contribution is 2.29. The van der Waals surface area contributed by atoms with Crippen molar-refractivity contribution in [2.24, 2.45) is 0 Å². The van der Waals surface area contributed by atoms with Crippen LogP contribution in [-0.2, 0) is 6.18 Å². The maximum absolute atomic E-state index is 12.6. The monoisotopic (exact) mass is 349 g/mol. The second-order valence-corrected chi connectivity index (χ2v) is 6.03. The van der Waals surface area contributed by atoms with Gasteiger partial charge in [0.05, 0.1) is 16.9 Å². The Morgan fingerprint density at radius 2 is 1.72 bits per heavy atom. The van der Waals surface area contributed by atoms with Crippen LogP contribution in [0.3, 0.4) is 0 Å². The minimum Gasteiger partial charge on any atom is -0.357 e. The molecule has 1 saturated heterocycles. The summed E-state index contributed by atoms with van der Waals surface area (Å²) in [6, 6.07) is 7.75. The number of anilines is 2. The van der Waals surface area contributed by atoms with Crippen molar-refractivity contribution in [3.05, 3.63) is 53.2 Å². The summed E-state index contributed by atoms with van der Waals surface area (Å²) < 4.78 is 37.7. The Morgan fingerprint density at radius 3 is 2.28 bits per heavy atom. The highest BCUT2D eigenvalue weighted by molar-refractivity contribution is 6.04. The van der Waals surface area contributed by atoms with Crippen molar-refractivity contribution in [3.63, 3.8) is 0 Å². The molecule has 1 aliphatic heterocycles. The maximum atomic E-state index is 12.6. The molecule has 132 valence electrons. The normalized spacial score (nSPS) is 14.6. The number of carbonyl (C=O) groups is 1. The summed E-state index contributed by atoms with van der Waals surface area (Å²) in [7, 11) is 0. The molecule has 2 heterocycles. The second kappa shape index (κ2) is 6.74. The molecular weight excluding hydrogens is 331 g/mol. The van der Waals surface area contributed by atoms with Gasteiger partial charge in [-0.25, -0.2) is 4.98 Å². The molecule has 0 atom stereocenters. The number of amides is 1. The Bertz CT molecular complexity index is 766. The molecule has 1 aliphatic rings. The quantitative estimate of drug-likeness (QED) is 0.900. The molecule has 4 nitrogen and oxygen atoms in total. The largest absolute Gasteiger partial charge is 0.416 e. The van der Waals surface area contributed by atoms with Gasteiger partial charge in [0.2, 0.25) is 0 Å². The smallest absolute Gasteiger partial charge is 0.357 e. The summed E-state index contributed by atoms with van der Waals surface area (Å²) in [6.45, 7) is 3.75. The van der Waals surface area contributed by atoms with Gasteiger partial charge in [-0.15, -0.1) is 0 Å². The lowest BCUT2D eigenvalue weighted by Gasteiger charge is -2.18. The number of halogens is 3. The predicted molar refractivity (Wildman–Crippen MR) is 89.8 cm³/mol.